The van der Waals surface area contributed by atoms with Crippen LogP contribution in [0, 0.1) is 5.82 Å². The summed E-state index contributed by atoms with van der Waals surface area (Å²) in [5.41, 5.74) is 3.09. The summed E-state index contributed by atoms with van der Waals surface area (Å²) in [5.74, 6) is -0.380. The number of hydrogen-bond acceptors (Lipinski definition) is 3. The molecule has 1 aliphatic rings. The fourth-order valence-electron chi connectivity index (χ4n) is 3.74. The van der Waals surface area contributed by atoms with Crippen LogP contribution < -0.4 is 5.32 Å². The Bertz CT molecular complexity index is 918. The molecule has 0 radical (unpaired) electrons. The predicted octanol–water partition coefficient (Wildman–Crippen LogP) is 3.78. The molecule has 1 aromatic heterocycles. The molecule has 2 heterocycles. The third kappa shape index (κ3) is 3.97. The highest BCUT2D eigenvalue weighted by Crippen LogP contribution is 2.26. The molecule has 0 aliphatic carbocycles. The third-order valence-electron chi connectivity index (χ3n) is 5.26. The lowest BCUT2D eigenvalue weighted by molar-refractivity contribution is 0.0937. The molecule has 2 aromatic carbocycles. The molecule has 0 unspecified atom stereocenters. The van der Waals surface area contributed by atoms with Gasteiger partial charge in [0.15, 0.2) is 0 Å². The Hall–Kier alpha value is -2.99. The molecule has 2 N–H and O–H groups in total. The van der Waals surface area contributed by atoms with Crippen molar-refractivity contribution in [1.82, 2.24) is 20.4 Å². The number of amides is 1. The lowest BCUT2D eigenvalue weighted by atomic mass is 10.0. The van der Waals surface area contributed by atoms with Gasteiger partial charge in [-0.1, -0.05) is 30.3 Å². The second-order valence-corrected chi connectivity index (χ2v) is 7.04. The number of rotatable bonds is 6. The van der Waals surface area contributed by atoms with Gasteiger partial charge in [0.25, 0.3) is 5.91 Å². The summed E-state index contributed by atoms with van der Waals surface area (Å²) in [4.78, 5) is 14.9. The molecule has 6 heteroatoms. The molecular weight excluding hydrogens is 355 g/mol. The normalized spacial score (nSPS) is 15.5. The first-order chi connectivity index (χ1) is 13.7. The maximum Gasteiger partial charge on any atom is 0.251 e. The Labute approximate surface area is 163 Å². The van der Waals surface area contributed by atoms with E-state index in [9.17, 15) is 9.18 Å². The second kappa shape index (κ2) is 8.35. The number of benzene rings is 2. The first-order valence-electron chi connectivity index (χ1n) is 9.59. The quantitative estimate of drug-likeness (QED) is 0.686. The zero-order chi connectivity index (χ0) is 19.3. The largest absolute Gasteiger partial charge is 0.350 e. The molecule has 1 fully saturated rings. The SMILES string of the molecule is O=C(NC[C@H](c1ccccc1F)N1CCCC1)c1ccc(-c2ccn[nH]2)cc1. The summed E-state index contributed by atoms with van der Waals surface area (Å²) in [6.07, 6.45) is 3.90. The maximum atomic E-state index is 14.4. The highest BCUT2D eigenvalue weighted by Gasteiger charge is 2.26. The molecule has 0 bridgehead atoms. The monoisotopic (exact) mass is 378 g/mol. The van der Waals surface area contributed by atoms with E-state index in [-0.39, 0.29) is 17.8 Å². The van der Waals surface area contributed by atoms with Crippen LogP contribution in [0.5, 0.6) is 0 Å². The van der Waals surface area contributed by atoms with Crippen molar-refractivity contribution in [1.29, 1.82) is 0 Å². The van der Waals surface area contributed by atoms with Gasteiger partial charge >= 0.3 is 0 Å². The number of carbonyl (C=O) groups is 1. The molecule has 144 valence electrons. The summed E-state index contributed by atoms with van der Waals surface area (Å²) in [7, 11) is 0. The summed E-state index contributed by atoms with van der Waals surface area (Å²) >= 11 is 0. The molecule has 5 nitrogen and oxygen atoms in total. The first-order valence-corrected chi connectivity index (χ1v) is 9.59. The summed E-state index contributed by atoms with van der Waals surface area (Å²) in [6.45, 7) is 2.23. The van der Waals surface area contributed by atoms with Crippen molar-refractivity contribution in [3.63, 3.8) is 0 Å². The summed E-state index contributed by atoms with van der Waals surface area (Å²) in [6, 6.07) is 15.9. The van der Waals surface area contributed by atoms with Crippen molar-refractivity contribution in [3.05, 3.63) is 77.7 Å². The van der Waals surface area contributed by atoms with Crippen LogP contribution in [0.4, 0.5) is 4.39 Å². The zero-order valence-electron chi connectivity index (χ0n) is 15.6. The van der Waals surface area contributed by atoms with Gasteiger partial charge in [0.05, 0.1) is 11.7 Å². The summed E-state index contributed by atoms with van der Waals surface area (Å²) in [5, 5.41) is 9.83. The molecule has 1 aliphatic heterocycles. The number of H-pyrrole nitrogens is 1. The van der Waals surface area contributed by atoms with Gasteiger partial charge in [0.1, 0.15) is 5.82 Å². The Morgan fingerprint density at radius 2 is 1.86 bits per heavy atom. The van der Waals surface area contributed by atoms with Gasteiger partial charge in [0, 0.05) is 23.9 Å². The smallest absolute Gasteiger partial charge is 0.251 e. The highest BCUT2D eigenvalue weighted by molar-refractivity contribution is 5.94. The fraction of sp³-hybridized carbons (Fsp3) is 0.273. The van der Waals surface area contributed by atoms with Crippen LogP contribution in [0.3, 0.4) is 0 Å². The van der Waals surface area contributed by atoms with E-state index in [2.05, 4.69) is 20.4 Å². The van der Waals surface area contributed by atoms with E-state index < -0.39 is 0 Å². The lowest BCUT2D eigenvalue weighted by Gasteiger charge is -2.28. The van der Waals surface area contributed by atoms with Crippen molar-refractivity contribution in [2.24, 2.45) is 0 Å². The van der Waals surface area contributed by atoms with Crippen LogP contribution in [-0.2, 0) is 0 Å². The number of aromatic nitrogens is 2. The summed E-state index contributed by atoms with van der Waals surface area (Å²) < 4.78 is 14.4. The van der Waals surface area contributed by atoms with Crippen molar-refractivity contribution >= 4 is 5.91 Å². The fourth-order valence-corrected chi connectivity index (χ4v) is 3.74. The van der Waals surface area contributed by atoms with Crippen molar-refractivity contribution in [2.45, 2.75) is 18.9 Å². The van der Waals surface area contributed by atoms with Gasteiger partial charge in [-0.2, -0.15) is 5.10 Å². The topological polar surface area (TPSA) is 61.0 Å². The predicted molar refractivity (Wildman–Crippen MR) is 106 cm³/mol. The van der Waals surface area contributed by atoms with E-state index in [1.165, 1.54) is 6.07 Å². The molecule has 1 saturated heterocycles. The molecule has 4 rings (SSSR count). The van der Waals surface area contributed by atoms with E-state index in [1.807, 2.05) is 30.3 Å². The average Bonchev–Trinajstić information content (AvgIpc) is 3.44. The molecular formula is C22H23FN4O. The molecule has 0 saturated carbocycles. The van der Waals surface area contributed by atoms with E-state index in [0.717, 1.165) is 37.2 Å². The van der Waals surface area contributed by atoms with Crippen LogP contribution >= 0.6 is 0 Å². The number of hydrogen-bond donors (Lipinski definition) is 2. The van der Waals surface area contributed by atoms with E-state index in [4.69, 9.17) is 0 Å². The number of likely N-dealkylation sites (tertiary alicyclic amines) is 1. The molecule has 0 spiro atoms. The van der Waals surface area contributed by atoms with E-state index in [1.54, 1.807) is 24.4 Å². The Kier molecular flexibility index (Phi) is 5.48. The van der Waals surface area contributed by atoms with Crippen molar-refractivity contribution < 1.29 is 9.18 Å². The van der Waals surface area contributed by atoms with Gasteiger partial charge in [-0.15, -0.1) is 0 Å². The van der Waals surface area contributed by atoms with Gasteiger partial charge in [0.2, 0.25) is 0 Å². The van der Waals surface area contributed by atoms with Crippen molar-refractivity contribution in [3.8, 4) is 11.3 Å². The minimum absolute atomic E-state index is 0.156. The van der Waals surface area contributed by atoms with Crippen LogP contribution in [-0.4, -0.2) is 40.6 Å². The van der Waals surface area contributed by atoms with Gasteiger partial charge in [-0.05, 0) is 55.8 Å². The van der Waals surface area contributed by atoms with Crippen LogP contribution in [0.1, 0.15) is 34.8 Å². The number of aromatic amines is 1. The van der Waals surface area contributed by atoms with Crippen LogP contribution in [0.2, 0.25) is 0 Å². The standard InChI is InChI=1S/C22H23FN4O/c23-19-6-2-1-5-18(19)21(27-13-3-4-14-27)15-24-22(28)17-9-7-16(8-10-17)20-11-12-25-26-20/h1-2,5-12,21H,3-4,13-15H2,(H,24,28)(H,25,26)/t21-/m1/s1. The number of nitrogens with one attached hydrogen (secondary N) is 2. The molecule has 3 aromatic rings. The van der Waals surface area contributed by atoms with Gasteiger partial charge < -0.3 is 5.32 Å². The van der Waals surface area contributed by atoms with Crippen molar-refractivity contribution in [2.75, 3.05) is 19.6 Å². The minimum atomic E-state index is -0.224. The second-order valence-electron chi connectivity index (χ2n) is 7.04. The Morgan fingerprint density at radius 1 is 1.11 bits per heavy atom. The first kappa shape index (κ1) is 18.4. The molecule has 1 atom stereocenters. The van der Waals surface area contributed by atoms with Crippen LogP contribution in [0.15, 0.2) is 60.8 Å². The maximum absolute atomic E-state index is 14.4. The molecule has 1 amide bonds. The Morgan fingerprint density at radius 3 is 2.54 bits per heavy atom. The highest BCUT2D eigenvalue weighted by atomic mass is 19.1. The van der Waals surface area contributed by atoms with Gasteiger partial charge in [-0.3, -0.25) is 14.8 Å². The number of nitrogens with zero attached hydrogens (tertiary/aromatic N) is 2. The molecule has 28 heavy (non-hydrogen) atoms. The number of carbonyl (C=O) groups excluding carboxylic acids is 1. The third-order valence-corrected chi connectivity index (χ3v) is 5.26. The van der Waals surface area contributed by atoms with Gasteiger partial charge in [-0.25, -0.2) is 4.39 Å². The Balaban J connectivity index is 1.46. The lowest BCUT2D eigenvalue weighted by Crippen LogP contribution is -2.37. The average molecular weight is 378 g/mol. The van der Waals surface area contributed by atoms with Crippen LogP contribution in [0.25, 0.3) is 11.3 Å². The number of halogens is 1. The zero-order valence-corrected chi connectivity index (χ0v) is 15.6. The van der Waals surface area contributed by atoms with E-state index >= 15 is 0 Å². The van der Waals surface area contributed by atoms with E-state index in [0.29, 0.717) is 17.7 Å². The minimum Gasteiger partial charge on any atom is -0.350 e.